The van der Waals surface area contributed by atoms with E-state index in [1.165, 1.54) is 0 Å². The largest absolute Gasteiger partial charge is 0.501 e. The second-order valence-electron chi connectivity index (χ2n) is 2.06. The van der Waals surface area contributed by atoms with Crippen molar-refractivity contribution in [1.82, 2.24) is 0 Å². The van der Waals surface area contributed by atoms with Gasteiger partial charge in [0, 0.05) is 6.42 Å². The number of rotatable bonds is 7. The predicted octanol–water partition coefficient (Wildman–Crippen LogP) is 2.13. The van der Waals surface area contributed by atoms with E-state index in [4.69, 9.17) is 9.47 Å². The smallest absolute Gasteiger partial charge is 0.0895 e. The summed E-state index contributed by atoms with van der Waals surface area (Å²) < 4.78 is 10.2. The first-order chi connectivity index (χ1) is 5.41. The van der Waals surface area contributed by atoms with Gasteiger partial charge < -0.3 is 9.47 Å². The van der Waals surface area contributed by atoms with Gasteiger partial charge >= 0.3 is 0 Å². The molecule has 0 saturated carbocycles. The van der Waals surface area contributed by atoms with E-state index in [1.807, 2.05) is 13.0 Å². The molecule has 0 aliphatic carbocycles. The molecule has 2 nitrogen and oxygen atoms in total. The summed E-state index contributed by atoms with van der Waals surface area (Å²) in [6.45, 7) is 7.56. The second-order valence-corrected chi connectivity index (χ2v) is 2.06. The fraction of sp³-hybridized carbons (Fsp3) is 0.556. The van der Waals surface area contributed by atoms with Crippen molar-refractivity contribution in [3.8, 4) is 0 Å². The molecule has 0 N–H and O–H groups in total. The summed E-state index contributed by atoms with van der Waals surface area (Å²) in [5.74, 6) is 0. The lowest BCUT2D eigenvalue weighted by Gasteiger charge is -2.00. The lowest BCUT2D eigenvalue weighted by atomic mass is 10.5. The number of ether oxygens (including phenoxy) is 2. The average molecular weight is 156 g/mol. The fourth-order valence-electron chi connectivity index (χ4n) is 0.575. The summed E-state index contributed by atoms with van der Waals surface area (Å²) in [6.07, 6.45) is 6.23. The van der Waals surface area contributed by atoms with Crippen molar-refractivity contribution in [3.05, 3.63) is 25.0 Å². The minimum absolute atomic E-state index is 0.629. The lowest BCUT2D eigenvalue weighted by molar-refractivity contribution is 0.133. The SMILES string of the molecule is C=CCOCCCO/C=C/C. The Morgan fingerprint density at radius 2 is 2.18 bits per heavy atom. The lowest BCUT2D eigenvalue weighted by Crippen LogP contribution is -1.97. The van der Waals surface area contributed by atoms with Crippen LogP contribution in [0.25, 0.3) is 0 Å². The molecule has 0 bridgehead atoms. The van der Waals surface area contributed by atoms with Crippen molar-refractivity contribution in [1.29, 1.82) is 0 Å². The molecule has 0 saturated heterocycles. The van der Waals surface area contributed by atoms with E-state index in [2.05, 4.69) is 6.58 Å². The standard InChI is InChI=1S/C9H16O2/c1-3-6-10-8-5-9-11-7-4-2/h3-4,7H,1,5-6,8-9H2,2H3/b7-4+. The van der Waals surface area contributed by atoms with Gasteiger partial charge in [0.1, 0.15) is 0 Å². The Hall–Kier alpha value is -0.760. The molecule has 0 amide bonds. The van der Waals surface area contributed by atoms with Crippen LogP contribution in [-0.4, -0.2) is 19.8 Å². The van der Waals surface area contributed by atoms with Crippen LogP contribution in [0, 0.1) is 0 Å². The first kappa shape index (κ1) is 10.2. The minimum atomic E-state index is 0.629. The van der Waals surface area contributed by atoms with Crippen LogP contribution in [0.4, 0.5) is 0 Å². The Morgan fingerprint density at radius 3 is 2.82 bits per heavy atom. The number of hydrogen-bond acceptors (Lipinski definition) is 2. The van der Waals surface area contributed by atoms with Gasteiger partial charge in [-0.25, -0.2) is 0 Å². The molecule has 0 atom stereocenters. The zero-order valence-corrected chi connectivity index (χ0v) is 7.08. The molecule has 0 rings (SSSR count). The normalized spacial score (nSPS) is 10.3. The quantitative estimate of drug-likeness (QED) is 0.319. The predicted molar refractivity (Wildman–Crippen MR) is 46.4 cm³/mol. The zero-order chi connectivity index (χ0) is 8.36. The van der Waals surface area contributed by atoms with Crippen molar-refractivity contribution in [2.45, 2.75) is 13.3 Å². The molecular weight excluding hydrogens is 140 g/mol. The highest BCUT2D eigenvalue weighted by Crippen LogP contribution is 1.85. The highest BCUT2D eigenvalue weighted by atomic mass is 16.5. The molecule has 0 unspecified atom stereocenters. The molecule has 0 radical (unpaired) electrons. The van der Waals surface area contributed by atoms with E-state index < -0.39 is 0 Å². The fourth-order valence-corrected chi connectivity index (χ4v) is 0.575. The van der Waals surface area contributed by atoms with Crippen LogP contribution in [-0.2, 0) is 9.47 Å². The molecule has 0 aromatic heterocycles. The molecule has 0 aliphatic rings. The Labute approximate surface area is 68.5 Å². The highest BCUT2D eigenvalue weighted by Gasteiger charge is 1.84. The van der Waals surface area contributed by atoms with Crippen LogP contribution in [0.15, 0.2) is 25.0 Å². The van der Waals surface area contributed by atoms with Crippen LogP contribution in [0.1, 0.15) is 13.3 Å². The van der Waals surface area contributed by atoms with Crippen LogP contribution in [0.3, 0.4) is 0 Å². The molecule has 64 valence electrons. The number of allylic oxidation sites excluding steroid dienone is 1. The third kappa shape index (κ3) is 9.24. The van der Waals surface area contributed by atoms with Crippen molar-refractivity contribution in [3.63, 3.8) is 0 Å². The Balaban J connectivity index is 2.84. The Bertz CT molecular complexity index is 108. The Kier molecular flexibility index (Phi) is 8.60. The van der Waals surface area contributed by atoms with Gasteiger partial charge in [0.05, 0.1) is 26.1 Å². The molecule has 0 aromatic rings. The van der Waals surface area contributed by atoms with E-state index in [0.717, 1.165) is 19.6 Å². The topological polar surface area (TPSA) is 18.5 Å². The maximum atomic E-state index is 5.14. The van der Waals surface area contributed by atoms with E-state index >= 15 is 0 Å². The molecule has 0 fully saturated rings. The monoisotopic (exact) mass is 156 g/mol. The van der Waals surface area contributed by atoms with Gasteiger partial charge in [-0.3, -0.25) is 0 Å². The van der Waals surface area contributed by atoms with Gasteiger partial charge in [-0.1, -0.05) is 12.2 Å². The van der Waals surface area contributed by atoms with E-state index in [1.54, 1.807) is 12.3 Å². The second kappa shape index (κ2) is 9.24. The van der Waals surface area contributed by atoms with Crippen molar-refractivity contribution < 1.29 is 9.47 Å². The summed E-state index contributed by atoms with van der Waals surface area (Å²) >= 11 is 0. The van der Waals surface area contributed by atoms with Crippen molar-refractivity contribution >= 4 is 0 Å². The van der Waals surface area contributed by atoms with Crippen molar-refractivity contribution in [2.75, 3.05) is 19.8 Å². The van der Waals surface area contributed by atoms with Crippen molar-refractivity contribution in [2.24, 2.45) is 0 Å². The van der Waals surface area contributed by atoms with Gasteiger partial charge in [0.15, 0.2) is 0 Å². The molecule has 2 heteroatoms. The van der Waals surface area contributed by atoms with Gasteiger partial charge in [0.2, 0.25) is 0 Å². The van der Waals surface area contributed by atoms with Gasteiger partial charge in [-0.15, -0.1) is 6.58 Å². The summed E-state index contributed by atoms with van der Waals surface area (Å²) in [7, 11) is 0. The molecule has 0 spiro atoms. The third-order valence-corrected chi connectivity index (χ3v) is 1.02. The number of hydrogen-bond donors (Lipinski definition) is 0. The van der Waals surface area contributed by atoms with Gasteiger partial charge in [-0.05, 0) is 6.92 Å². The van der Waals surface area contributed by atoms with Gasteiger partial charge in [-0.2, -0.15) is 0 Å². The zero-order valence-electron chi connectivity index (χ0n) is 7.08. The van der Waals surface area contributed by atoms with E-state index in [0.29, 0.717) is 6.61 Å². The van der Waals surface area contributed by atoms with Crippen LogP contribution in [0.5, 0.6) is 0 Å². The highest BCUT2D eigenvalue weighted by molar-refractivity contribution is 4.65. The van der Waals surface area contributed by atoms with Crippen LogP contribution in [0.2, 0.25) is 0 Å². The summed E-state index contributed by atoms with van der Waals surface area (Å²) in [5.41, 5.74) is 0. The van der Waals surface area contributed by atoms with Crippen LogP contribution >= 0.6 is 0 Å². The maximum absolute atomic E-state index is 5.14. The molecule has 11 heavy (non-hydrogen) atoms. The summed E-state index contributed by atoms with van der Waals surface area (Å²) in [6, 6.07) is 0. The third-order valence-electron chi connectivity index (χ3n) is 1.02. The summed E-state index contributed by atoms with van der Waals surface area (Å²) in [5, 5.41) is 0. The first-order valence-corrected chi connectivity index (χ1v) is 3.83. The van der Waals surface area contributed by atoms with Gasteiger partial charge in [0.25, 0.3) is 0 Å². The van der Waals surface area contributed by atoms with E-state index in [-0.39, 0.29) is 0 Å². The average Bonchev–Trinajstić information content (AvgIpc) is 2.03. The van der Waals surface area contributed by atoms with Crippen LogP contribution < -0.4 is 0 Å². The Morgan fingerprint density at radius 1 is 1.36 bits per heavy atom. The first-order valence-electron chi connectivity index (χ1n) is 3.83. The molecule has 0 aliphatic heterocycles. The molecule has 0 aromatic carbocycles. The summed E-state index contributed by atoms with van der Waals surface area (Å²) in [4.78, 5) is 0. The van der Waals surface area contributed by atoms with E-state index in [9.17, 15) is 0 Å². The maximum Gasteiger partial charge on any atom is 0.0895 e. The minimum Gasteiger partial charge on any atom is -0.501 e. The molecule has 0 heterocycles. The molecular formula is C9H16O2.